The lowest BCUT2D eigenvalue weighted by Gasteiger charge is -2.03. The van der Waals surface area contributed by atoms with Gasteiger partial charge in [-0.05, 0) is 24.6 Å². The highest BCUT2D eigenvalue weighted by molar-refractivity contribution is 7.90. The molecule has 1 aromatic rings. The van der Waals surface area contributed by atoms with Gasteiger partial charge in [0.1, 0.15) is 0 Å². The zero-order chi connectivity index (χ0) is 10.8. The summed E-state index contributed by atoms with van der Waals surface area (Å²) in [7, 11) is -3.93. The third-order valence-corrected chi connectivity index (χ3v) is 2.84. The second-order valence-corrected chi connectivity index (χ2v) is 4.41. The van der Waals surface area contributed by atoms with Crippen molar-refractivity contribution in [3.63, 3.8) is 0 Å². The quantitative estimate of drug-likeness (QED) is 0.769. The summed E-state index contributed by atoms with van der Waals surface area (Å²) in [4.78, 5) is 10.1. The second-order valence-electron chi connectivity index (χ2n) is 2.73. The van der Waals surface area contributed by atoms with Gasteiger partial charge in [-0.25, -0.2) is 17.9 Å². The maximum atomic E-state index is 11.3. The van der Waals surface area contributed by atoms with Crippen molar-refractivity contribution in [1.82, 2.24) is 4.72 Å². The minimum absolute atomic E-state index is 0.0556. The van der Waals surface area contributed by atoms with E-state index in [0.717, 1.165) is 5.56 Å². The van der Waals surface area contributed by atoms with E-state index in [-0.39, 0.29) is 4.90 Å². The van der Waals surface area contributed by atoms with Crippen molar-refractivity contribution in [3.8, 4) is 0 Å². The second kappa shape index (κ2) is 3.67. The van der Waals surface area contributed by atoms with Crippen LogP contribution in [0.2, 0.25) is 0 Å². The molecule has 0 aliphatic carbocycles. The molecule has 14 heavy (non-hydrogen) atoms. The van der Waals surface area contributed by atoms with Crippen LogP contribution in [0, 0.1) is 6.92 Å². The maximum absolute atomic E-state index is 11.3. The van der Waals surface area contributed by atoms with E-state index in [1.807, 2.05) is 0 Å². The predicted octanol–water partition coefficient (Wildman–Crippen LogP) is 0.951. The largest absolute Gasteiger partial charge is 0.464 e. The zero-order valence-corrected chi connectivity index (χ0v) is 8.21. The van der Waals surface area contributed by atoms with Crippen LogP contribution in [0.25, 0.3) is 0 Å². The lowest BCUT2D eigenvalue weighted by molar-refractivity contribution is 0.201. The molecule has 0 saturated carbocycles. The standard InChI is InChI=1S/C8H9NO4S/c1-6-3-2-4-7(5-6)14(12,13)9-8(10)11/h2-5,9H,1H3,(H,10,11). The summed E-state index contributed by atoms with van der Waals surface area (Å²) in [5.74, 6) is 0. The van der Waals surface area contributed by atoms with Gasteiger partial charge < -0.3 is 5.11 Å². The van der Waals surface area contributed by atoms with Crippen LogP contribution >= 0.6 is 0 Å². The van der Waals surface area contributed by atoms with E-state index in [1.54, 1.807) is 19.1 Å². The van der Waals surface area contributed by atoms with Crippen LogP contribution in [0.3, 0.4) is 0 Å². The number of carbonyl (C=O) groups is 1. The summed E-state index contributed by atoms with van der Waals surface area (Å²) in [6.07, 6.45) is -1.59. The Bertz CT molecular complexity index is 452. The number of aryl methyl sites for hydroxylation is 1. The van der Waals surface area contributed by atoms with E-state index in [1.165, 1.54) is 16.9 Å². The fraction of sp³-hybridized carbons (Fsp3) is 0.125. The molecule has 2 N–H and O–H groups in total. The van der Waals surface area contributed by atoms with Crippen LogP contribution in [0.4, 0.5) is 4.79 Å². The molecule has 5 nitrogen and oxygen atoms in total. The maximum Gasteiger partial charge on any atom is 0.418 e. The highest BCUT2D eigenvalue weighted by Crippen LogP contribution is 2.10. The fourth-order valence-corrected chi connectivity index (χ4v) is 1.90. The molecule has 1 amide bonds. The smallest absolute Gasteiger partial charge is 0.418 e. The van der Waals surface area contributed by atoms with E-state index in [0.29, 0.717) is 0 Å². The molecular formula is C8H9NO4S. The summed E-state index contributed by atoms with van der Waals surface area (Å²) in [5, 5.41) is 8.29. The van der Waals surface area contributed by atoms with Crippen LogP contribution in [0.1, 0.15) is 5.56 Å². The van der Waals surface area contributed by atoms with Crippen molar-refractivity contribution in [2.24, 2.45) is 0 Å². The first-order valence-electron chi connectivity index (χ1n) is 3.74. The van der Waals surface area contributed by atoms with E-state index < -0.39 is 16.1 Å². The van der Waals surface area contributed by atoms with Gasteiger partial charge in [-0.1, -0.05) is 12.1 Å². The van der Waals surface area contributed by atoms with Gasteiger partial charge in [0, 0.05) is 0 Å². The Hall–Kier alpha value is -1.56. The van der Waals surface area contributed by atoms with Gasteiger partial charge in [-0.3, -0.25) is 0 Å². The molecule has 0 spiro atoms. The fourth-order valence-electron chi connectivity index (χ4n) is 0.956. The Labute approximate surface area is 81.4 Å². The average molecular weight is 215 g/mol. The van der Waals surface area contributed by atoms with Gasteiger partial charge in [0.2, 0.25) is 0 Å². The molecule has 0 radical (unpaired) electrons. The summed E-state index contributed by atoms with van der Waals surface area (Å²) >= 11 is 0. The molecule has 6 heteroatoms. The summed E-state index contributed by atoms with van der Waals surface area (Å²) in [5.41, 5.74) is 0.748. The number of rotatable bonds is 2. The highest BCUT2D eigenvalue weighted by atomic mass is 32.2. The Balaban J connectivity index is 3.11. The topological polar surface area (TPSA) is 83.5 Å². The van der Waals surface area contributed by atoms with Crippen LogP contribution < -0.4 is 4.72 Å². The number of hydrogen-bond donors (Lipinski definition) is 2. The van der Waals surface area contributed by atoms with Gasteiger partial charge in [-0.15, -0.1) is 0 Å². The third kappa shape index (κ3) is 2.46. The number of amides is 1. The lowest BCUT2D eigenvalue weighted by atomic mass is 10.2. The molecule has 1 aromatic carbocycles. The van der Waals surface area contributed by atoms with Crippen LogP contribution in [0.15, 0.2) is 29.2 Å². The lowest BCUT2D eigenvalue weighted by Crippen LogP contribution is -2.28. The van der Waals surface area contributed by atoms with Gasteiger partial charge in [0.25, 0.3) is 10.0 Å². The minimum atomic E-state index is -3.93. The van der Waals surface area contributed by atoms with Crippen LogP contribution in [-0.2, 0) is 10.0 Å². The molecule has 0 atom stereocenters. The van der Waals surface area contributed by atoms with Gasteiger partial charge >= 0.3 is 6.09 Å². The average Bonchev–Trinajstić information content (AvgIpc) is 2.01. The molecule has 0 aromatic heterocycles. The number of hydrogen-bond acceptors (Lipinski definition) is 3. The van der Waals surface area contributed by atoms with Crippen molar-refractivity contribution < 1.29 is 18.3 Å². The normalized spacial score (nSPS) is 10.9. The van der Waals surface area contributed by atoms with Gasteiger partial charge in [0.15, 0.2) is 0 Å². The number of carboxylic acid groups (broad SMARTS) is 1. The molecular weight excluding hydrogens is 206 g/mol. The third-order valence-electron chi connectivity index (χ3n) is 1.52. The van der Waals surface area contributed by atoms with Crippen molar-refractivity contribution >= 4 is 16.1 Å². The molecule has 0 unspecified atom stereocenters. The minimum Gasteiger partial charge on any atom is -0.464 e. The Morgan fingerprint density at radius 1 is 1.43 bits per heavy atom. The Morgan fingerprint density at radius 2 is 2.07 bits per heavy atom. The van der Waals surface area contributed by atoms with Crippen molar-refractivity contribution in [1.29, 1.82) is 0 Å². The number of benzene rings is 1. The Morgan fingerprint density at radius 3 is 2.57 bits per heavy atom. The molecule has 0 saturated heterocycles. The summed E-state index contributed by atoms with van der Waals surface area (Å²) in [6.45, 7) is 1.72. The molecule has 0 bridgehead atoms. The monoisotopic (exact) mass is 215 g/mol. The first-order chi connectivity index (χ1) is 6.42. The van der Waals surface area contributed by atoms with Crippen molar-refractivity contribution in [2.45, 2.75) is 11.8 Å². The van der Waals surface area contributed by atoms with Gasteiger partial charge in [0.05, 0.1) is 4.90 Å². The van der Waals surface area contributed by atoms with Crippen LogP contribution in [0.5, 0.6) is 0 Å². The molecule has 0 fully saturated rings. The molecule has 0 aliphatic rings. The molecule has 0 aliphatic heterocycles. The number of sulfonamides is 1. The number of nitrogens with one attached hydrogen (secondary N) is 1. The van der Waals surface area contributed by atoms with E-state index >= 15 is 0 Å². The Kier molecular flexibility index (Phi) is 2.76. The SMILES string of the molecule is Cc1cccc(S(=O)(=O)NC(=O)O)c1. The zero-order valence-electron chi connectivity index (χ0n) is 7.39. The van der Waals surface area contributed by atoms with E-state index in [2.05, 4.69) is 0 Å². The first-order valence-corrected chi connectivity index (χ1v) is 5.22. The summed E-state index contributed by atoms with van der Waals surface area (Å²) in [6, 6.07) is 6.00. The van der Waals surface area contributed by atoms with E-state index in [4.69, 9.17) is 5.11 Å². The van der Waals surface area contributed by atoms with Gasteiger partial charge in [-0.2, -0.15) is 0 Å². The predicted molar refractivity (Wildman–Crippen MR) is 49.5 cm³/mol. The summed E-state index contributed by atoms with van der Waals surface area (Å²) < 4.78 is 24.1. The van der Waals surface area contributed by atoms with Crippen molar-refractivity contribution in [3.05, 3.63) is 29.8 Å². The first kappa shape index (κ1) is 10.5. The molecule has 1 rings (SSSR count). The highest BCUT2D eigenvalue weighted by Gasteiger charge is 2.16. The molecule has 0 heterocycles. The van der Waals surface area contributed by atoms with Crippen LogP contribution in [-0.4, -0.2) is 19.6 Å². The van der Waals surface area contributed by atoms with E-state index in [9.17, 15) is 13.2 Å². The molecule has 76 valence electrons. The van der Waals surface area contributed by atoms with Crippen molar-refractivity contribution in [2.75, 3.05) is 0 Å².